The molecule has 2 aromatic rings. The van der Waals surface area contributed by atoms with Crippen LogP contribution < -0.4 is 4.74 Å². The van der Waals surface area contributed by atoms with E-state index in [1.54, 1.807) is 6.07 Å². The zero-order chi connectivity index (χ0) is 14.5. The van der Waals surface area contributed by atoms with Gasteiger partial charge in [-0.3, -0.25) is 0 Å². The van der Waals surface area contributed by atoms with Crippen molar-refractivity contribution in [1.82, 2.24) is 9.97 Å². The van der Waals surface area contributed by atoms with Crippen molar-refractivity contribution in [2.24, 2.45) is 0 Å². The van der Waals surface area contributed by atoms with Gasteiger partial charge in [-0.15, -0.1) is 0 Å². The van der Waals surface area contributed by atoms with Gasteiger partial charge in [0, 0.05) is 6.07 Å². The number of rotatable bonds is 5. The molecule has 1 heterocycles. The van der Waals surface area contributed by atoms with Crippen LogP contribution in [0.3, 0.4) is 0 Å². The lowest BCUT2D eigenvalue weighted by molar-refractivity contribution is 0.445. The topological polar surface area (TPSA) is 35.0 Å². The first-order chi connectivity index (χ1) is 9.63. The van der Waals surface area contributed by atoms with E-state index in [-0.39, 0.29) is 0 Å². The number of aromatic nitrogens is 2. The van der Waals surface area contributed by atoms with Crippen LogP contribution in [0.25, 0.3) is 0 Å². The summed E-state index contributed by atoms with van der Waals surface area (Å²) in [5, 5.41) is 0.994. The van der Waals surface area contributed by atoms with E-state index in [4.69, 9.17) is 16.3 Å². The number of ether oxygens (including phenoxy) is 1. The molecule has 0 amide bonds. The van der Waals surface area contributed by atoms with E-state index in [1.807, 2.05) is 24.5 Å². The van der Waals surface area contributed by atoms with E-state index < -0.39 is 0 Å². The Morgan fingerprint density at radius 2 is 2.05 bits per heavy atom. The Balaban J connectivity index is 2.32. The minimum absolute atomic E-state index is 0.389. The van der Waals surface area contributed by atoms with Gasteiger partial charge in [0.2, 0.25) is 5.88 Å². The SMILES string of the molecule is CCC(C)c1ccccc1Oc1cc(Cl)nc(SC)n1. The highest BCUT2D eigenvalue weighted by atomic mass is 35.5. The van der Waals surface area contributed by atoms with E-state index >= 15 is 0 Å². The van der Waals surface area contributed by atoms with Gasteiger partial charge in [0.15, 0.2) is 5.16 Å². The Morgan fingerprint density at radius 3 is 2.75 bits per heavy atom. The Kier molecular flexibility index (Phi) is 5.26. The highest BCUT2D eigenvalue weighted by Crippen LogP contribution is 2.32. The third-order valence-electron chi connectivity index (χ3n) is 3.11. The lowest BCUT2D eigenvalue weighted by Crippen LogP contribution is -1.98. The fraction of sp³-hybridized carbons (Fsp3) is 0.333. The normalized spacial score (nSPS) is 12.2. The zero-order valence-electron chi connectivity index (χ0n) is 11.8. The largest absolute Gasteiger partial charge is 0.439 e. The van der Waals surface area contributed by atoms with Crippen molar-refractivity contribution in [3.63, 3.8) is 0 Å². The summed E-state index contributed by atoms with van der Waals surface area (Å²) in [7, 11) is 0. The second-order valence-electron chi connectivity index (χ2n) is 4.46. The summed E-state index contributed by atoms with van der Waals surface area (Å²) in [5.74, 6) is 1.73. The highest BCUT2D eigenvalue weighted by Gasteiger charge is 2.12. The molecule has 1 aromatic carbocycles. The van der Waals surface area contributed by atoms with Crippen molar-refractivity contribution in [1.29, 1.82) is 0 Å². The van der Waals surface area contributed by atoms with E-state index in [0.29, 0.717) is 22.1 Å². The number of hydrogen-bond donors (Lipinski definition) is 0. The van der Waals surface area contributed by atoms with Gasteiger partial charge in [-0.2, -0.15) is 4.98 Å². The molecule has 5 heteroatoms. The molecule has 3 nitrogen and oxygen atoms in total. The smallest absolute Gasteiger partial charge is 0.224 e. The Bertz CT molecular complexity index is 592. The number of para-hydroxylation sites is 1. The lowest BCUT2D eigenvalue weighted by atomic mass is 9.98. The minimum Gasteiger partial charge on any atom is -0.439 e. The first-order valence-corrected chi connectivity index (χ1v) is 8.09. The predicted molar refractivity (Wildman–Crippen MR) is 84.0 cm³/mol. The van der Waals surface area contributed by atoms with Gasteiger partial charge >= 0.3 is 0 Å². The average molecular weight is 309 g/mol. The second kappa shape index (κ2) is 6.95. The van der Waals surface area contributed by atoms with Crippen molar-refractivity contribution in [2.75, 3.05) is 6.26 Å². The van der Waals surface area contributed by atoms with Crippen LogP contribution in [0.1, 0.15) is 31.7 Å². The molecule has 0 N–H and O–H groups in total. The molecule has 106 valence electrons. The van der Waals surface area contributed by atoms with E-state index in [0.717, 1.165) is 12.2 Å². The van der Waals surface area contributed by atoms with Gasteiger partial charge in [-0.05, 0) is 30.2 Å². The number of thioether (sulfide) groups is 1. The molecular formula is C15H17ClN2OS. The molecule has 0 spiro atoms. The zero-order valence-corrected chi connectivity index (χ0v) is 13.3. The minimum atomic E-state index is 0.389. The van der Waals surface area contributed by atoms with Gasteiger partial charge in [0.05, 0.1) is 0 Å². The molecule has 0 radical (unpaired) electrons. The van der Waals surface area contributed by atoms with Crippen molar-refractivity contribution in [3.8, 4) is 11.6 Å². The molecule has 1 unspecified atom stereocenters. The van der Waals surface area contributed by atoms with Crippen LogP contribution in [-0.4, -0.2) is 16.2 Å². The van der Waals surface area contributed by atoms with Crippen molar-refractivity contribution < 1.29 is 4.74 Å². The van der Waals surface area contributed by atoms with Crippen LogP contribution >= 0.6 is 23.4 Å². The molecule has 0 aliphatic heterocycles. The Labute approximate surface area is 128 Å². The second-order valence-corrected chi connectivity index (χ2v) is 5.63. The lowest BCUT2D eigenvalue weighted by Gasteiger charge is -2.15. The third-order valence-corrected chi connectivity index (χ3v) is 3.85. The van der Waals surface area contributed by atoms with E-state index in [1.165, 1.54) is 17.3 Å². The maximum Gasteiger partial charge on any atom is 0.224 e. The number of benzene rings is 1. The Morgan fingerprint density at radius 1 is 1.30 bits per heavy atom. The van der Waals surface area contributed by atoms with Crippen LogP contribution in [-0.2, 0) is 0 Å². The molecule has 0 aliphatic rings. The summed E-state index contributed by atoms with van der Waals surface area (Å²) in [5.41, 5.74) is 1.18. The van der Waals surface area contributed by atoms with Gasteiger partial charge in [0.1, 0.15) is 10.9 Å². The molecule has 1 aromatic heterocycles. The standard InChI is InChI=1S/C15H17ClN2OS/c1-4-10(2)11-7-5-6-8-12(11)19-14-9-13(16)17-15(18-14)20-3/h5-10H,4H2,1-3H3. The van der Waals surface area contributed by atoms with E-state index in [2.05, 4.69) is 29.9 Å². The summed E-state index contributed by atoms with van der Waals surface area (Å²) in [6, 6.07) is 9.65. The van der Waals surface area contributed by atoms with Gasteiger partial charge in [-0.25, -0.2) is 4.98 Å². The van der Waals surface area contributed by atoms with Crippen LogP contribution in [0.15, 0.2) is 35.5 Å². The first-order valence-electron chi connectivity index (χ1n) is 6.49. The fourth-order valence-electron chi connectivity index (χ4n) is 1.83. The van der Waals surface area contributed by atoms with Crippen molar-refractivity contribution >= 4 is 23.4 Å². The van der Waals surface area contributed by atoms with Crippen molar-refractivity contribution in [2.45, 2.75) is 31.3 Å². The average Bonchev–Trinajstić information content (AvgIpc) is 2.46. The van der Waals surface area contributed by atoms with E-state index in [9.17, 15) is 0 Å². The summed E-state index contributed by atoms with van der Waals surface area (Å²) in [6.45, 7) is 4.34. The van der Waals surface area contributed by atoms with Crippen molar-refractivity contribution in [3.05, 3.63) is 41.0 Å². The summed E-state index contributed by atoms with van der Waals surface area (Å²) < 4.78 is 5.91. The van der Waals surface area contributed by atoms with Crippen LogP contribution in [0, 0.1) is 0 Å². The highest BCUT2D eigenvalue weighted by molar-refractivity contribution is 7.98. The third kappa shape index (κ3) is 3.64. The van der Waals surface area contributed by atoms with Gasteiger partial charge < -0.3 is 4.74 Å². The summed E-state index contributed by atoms with van der Waals surface area (Å²) in [6.07, 6.45) is 2.96. The molecule has 1 atom stereocenters. The number of halogens is 1. The molecule has 0 fully saturated rings. The maximum absolute atomic E-state index is 5.98. The number of hydrogen-bond acceptors (Lipinski definition) is 4. The summed E-state index contributed by atoms with van der Waals surface area (Å²) >= 11 is 7.42. The molecule has 0 saturated heterocycles. The van der Waals surface area contributed by atoms with Crippen LogP contribution in [0.4, 0.5) is 0 Å². The predicted octanol–water partition coefficient (Wildman–Crippen LogP) is 5.16. The monoisotopic (exact) mass is 308 g/mol. The first kappa shape index (κ1) is 15.1. The maximum atomic E-state index is 5.98. The van der Waals surface area contributed by atoms with Gasteiger partial charge in [0.25, 0.3) is 0 Å². The molecule has 0 aliphatic carbocycles. The van der Waals surface area contributed by atoms with Crippen LogP contribution in [0.5, 0.6) is 11.6 Å². The molecule has 0 bridgehead atoms. The summed E-state index contributed by atoms with van der Waals surface area (Å²) in [4.78, 5) is 8.42. The number of nitrogens with zero attached hydrogens (tertiary/aromatic N) is 2. The molecule has 0 saturated carbocycles. The van der Waals surface area contributed by atoms with Crippen LogP contribution in [0.2, 0.25) is 5.15 Å². The quantitative estimate of drug-likeness (QED) is 0.434. The van der Waals surface area contributed by atoms with Gasteiger partial charge in [-0.1, -0.05) is 55.4 Å². The fourth-order valence-corrected chi connectivity index (χ4v) is 2.43. The Hall–Kier alpha value is -1.26. The molecule has 20 heavy (non-hydrogen) atoms. The molecule has 2 rings (SSSR count). The molecular weight excluding hydrogens is 292 g/mol.